The fourth-order valence-corrected chi connectivity index (χ4v) is 6.80. The van der Waals surface area contributed by atoms with Crippen molar-refractivity contribution in [1.29, 1.82) is 0 Å². The molecule has 0 saturated carbocycles. The van der Waals surface area contributed by atoms with E-state index in [2.05, 4.69) is 31.7 Å². The van der Waals surface area contributed by atoms with Crippen LogP contribution in [0.3, 0.4) is 0 Å². The van der Waals surface area contributed by atoms with Crippen LogP contribution in [0.1, 0.15) is 42.0 Å². The van der Waals surface area contributed by atoms with Crippen LogP contribution >= 0.6 is 0 Å². The number of hydrogen-bond donors (Lipinski definition) is 2. The summed E-state index contributed by atoms with van der Waals surface area (Å²) in [5.41, 5.74) is 1.71. The maximum absolute atomic E-state index is 11.3. The Balaban J connectivity index is -0.000000297. The van der Waals surface area contributed by atoms with E-state index in [1.807, 2.05) is 19.9 Å². The molecule has 24 heteroatoms. The molecule has 3 fully saturated rings. The summed E-state index contributed by atoms with van der Waals surface area (Å²) >= 11 is -6.06. The van der Waals surface area contributed by atoms with Gasteiger partial charge < -0.3 is 24.4 Å². The summed E-state index contributed by atoms with van der Waals surface area (Å²) in [6, 6.07) is 0. The van der Waals surface area contributed by atoms with Gasteiger partial charge in [0.25, 0.3) is 0 Å². The zero-order chi connectivity index (χ0) is 42.8. The van der Waals surface area contributed by atoms with Crippen molar-refractivity contribution in [3.8, 4) is 0 Å². The number of aliphatic hydroxyl groups excluding tert-OH is 1. The van der Waals surface area contributed by atoms with Crippen LogP contribution in [-0.2, 0) is 73.3 Å². The molecule has 3 saturated heterocycles. The maximum atomic E-state index is 11.3. The third-order valence-electron chi connectivity index (χ3n) is 7.64. The molecular formula is C30H62N4O16OsS3. The molecule has 5 atom stereocenters. The Morgan fingerprint density at radius 3 is 1.41 bits per heavy atom. The predicted molar refractivity (Wildman–Crippen MR) is 197 cm³/mol. The molecule has 0 amide bonds. The number of β-amino-alcohol motifs (C(OH)–C–C–N with tert-alkyl or cyclic N) is 1. The van der Waals surface area contributed by atoms with Crippen molar-refractivity contribution in [3.63, 3.8) is 0 Å². The first-order chi connectivity index (χ1) is 23.8. The second kappa shape index (κ2) is 26.2. The second-order valence-electron chi connectivity index (χ2n) is 11.9. The zero-order valence-corrected chi connectivity index (χ0v) is 37.4. The van der Waals surface area contributed by atoms with E-state index in [4.69, 9.17) is 33.3 Å². The SMILES string of the molecule is C.C/C=C1\CN(S(C)(=O)=O)C[C@@H]1OC.C=C1CN(S(C)(=O)=O)C[C@@H]1OC.CC=C(C)C.CN=O.CO[C@H]1CN(S(C)(=O)=O)C[C@@]1(O)[C@H](C)O.[O]=[Os](=[O])(=[O])=[O]. The van der Waals surface area contributed by atoms with E-state index in [-0.39, 0.29) is 32.7 Å². The van der Waals surface area contributed by atoms with Gasteiger partial charge in [-0.2, -0.15) is 17.8 Å². The van der Waals surface area contributed by atoms with Crippen LogP contribution in [0.5, 0.6) is 0 Å². The Kier molecular flexibility index (Phi) is 28.5. The van der Waals surface area contributed by atoms with E-state index < -0.39 is 62.7 Å². The van der Waals surface area contributed by atoms with Gasteiger partial charge in [-0.1, -0.05) is 36.9 Å². The number of sulfonamides is 3. The van der Waals surface area contributed by atoms with Crippen molar-refractivity contribution < 1.29 is 78.7 Å². The van der Waals surface area contributed by atoms with Gasteiger partial charge in [-0.15, -0.1) is 0 Å². The van der Waals surface area contributed by atoms with E-state index in [1.165, 1.54) is 47.8 Å². The minimum absolute atomic E-state index is 0. The molecule has 3 aliphatic rings. The van der Waals surface area contributed by atoms with Gasteiger partial charge in [-0.3, -0.25) is 0 Å². The summed E-state index contributed by atoms with van der Waals surface area (Å²) in [6.07, 6.45) is 5.52. The quantitative estimate of drug-likeness (QED) is 0.265. The van der Waals surface area contributed by atoms with Gasteiger partial charge in [0.2, 0.25) is 30.1 Å². The molecule has 0 radical (unpaired) electrons. The van der Waals surface area contributed by atoms with E-state index >= 15 is 0 Å². The Hall–Kier alpha value is -1.81. The average Bonchev–Trinajstić information content (AvgIpc) is 3.72. The monoisotopic (exact) mass is 1020 g/mol. The van der Waals surface area contributed by atoms with Crippen molar-refractivity contribution >= 4 is 30.1 Å². The molecule has 3 aliphatic heterocycles. The predicted octanol–water partition coefficient (Wildman–Crippen LogP) is 0.958. The van der Waals surface area contributed by atoms with Gasteiger partial charge in [0, 0.05) is 60.6 Å². The molecule has 0 spiro atoms. The standard InChI is InChI=1S/C8H17NO5S.C8H15NO3S.C7H13NO3S.C5H10.CH3NO.CH4.4O.Os/c1-6(10)8(11)5-9(15(3,12)13)4-7(8)14-2;1-4-7-5-9(13(3,10)11)6-8(7)12-2;1-6-4-8(12(3,9)10)5-7(6)11-2;1-4-5(2)3;1-2-3;;;;;;/h6-7,10-11H,4-5H2,1-3H3;4,8H,5-6H2,1-3H3;7H,1,4-5H2,2-3H3;4H,1-3H3;1H3;1H4;;;;;/b;7-4+;;;;;;;;;/t6-,7-,8+;8-;7-;;;;;;;;/m000......../s1. The van der Waals surface area contributed by atoms with E-state index in [9.17, 15) is 35.5 Å². The fraction of sp³-hybridized carbons (Fsp3) is 0.800. The van der Waals surface area contributed by atoms with Crippen LogP contribution in [0.4, 0.5) is 0 Å². The molecular weight excluding hydrogens is 959 g/mol. The number of allylic oxidation sites excluding steroid dienone is 3. The summed E-state index contributed by atoms with van der Waals surface area (Å²) in [5, 5.41) is 21.8. The molecule has 3 rings (SSSR count). The Labute approximate surface area is 324 Å². The topological polar surface area (TPSA) is 278 Å². The van der Waals surface area contributed by atoms with Crippen LogP contribution < -0.4 is 0 Å². The molecule has 0 aromatic heterocycles. The van der Waals surface area contributed by atoms with Crippen LogP contribution in [-0.4, -0.2) is 165 Å². The van der Waals surface area contributed by atoms with Crippen molar-refractivity contribution in [2.45, 2.75) is 72.1 Å². The molecule has 0 unspecified atom stereocenters. The minimum atomic E-state index is -6.06. The van der Waals surface area contributed by atoms with E-state index in [1.54, 1.807) is 14.2 Å². The van der Waals surface area contributed by atoms with Crippen LogP contribution in [0.2, 0.25) is 0 Å². The average molecular weight is 1020 g/mol. The number of nitroso groups, excluding NO2 is 1. The third kappa shape index (κ3) is 24.0. The number of hydrogen-bond acceptors (Lipinski definition) is 17. The van der Waals surface area contributed by atoms with Gasteiger partial charge >= 0.3 is 29.0 Å². The Bertz CT molecular complexity index is 1760. The fourth-order valence-electron chi connectivity index (χ4n) is 4.35. The molecule has 324 valence electrons. The molecule has 0 aliphatic carbocycles. The van der Waals surface area contributed by atoms with E-state index in [0.717, 1.165) is 21.7 Å². The Morgan fingerprint density at radius 1 is 0.852 bits per heavy atom. The normalized spacial score (nSPS) is 24.6. The molecule has 0 aromatic rings. The third-order valence-corrected chi connectivity index (χ3v) is 11.3. The summed E-state index contributed by atoms with van der Waals surface area (Å²) < 4.78 is 121. The molecule has 0 bridgehead atoms. The van der Waals surface area contributed by atoms with Gasteiger partial charge in [-0.05, 0) is 45.8 Å². The number of aliphatic hydroxyl groups is 2. The van der Waals surface area contributed by atoms with Crippen molar-refractivity contribution in [3.05, 3.63) is 40.4 Å². The van der Waals surface area contributed by atoms with Gasteiger partial charge in [0.15, 0.2) is 0 Å². The Morgan fingerprint density at radius 2 is 1.20 bits per heavy atom. The van der Waals surface area contributed by atoms with Gasteiger partial charge in [0.1, 0.15) is 11.7 Å². The second-order valence-corrected chi connectivity index (χ2v) is 20.4. The van der Waals surface area contributed by atoms with Crippen molar-refractivity contribution in [2.24, 2.45) is 5.18 Å². The van der Waals surface area contributed by atoms with Gasteiger partial charge in [0.05, 0.1) is 44.1 Å². The number of methoxy groups -OCH3 is 3. The summed E-state index contributed by atoms with van der Waals surface area (Å²) in [4.78, 5) is 8.56. The number of ether oxygens (including phenoxy) is 3. The van der Waals surface area contributed by atoms with Crippen LogP contribution in [0, 0.1) is 4.91 Å². The molecule has 54 heavy (non-hydrogen) atoms. The summed E-state index contributed by atoms with van der Waals surface area (Å²) in [5.74, 6) is 0. The first-order valence-electron chi connectivity index (χ1n) is 15.4. The van der Waals surface area contributed by atoms with Crippen LogP contribution in [0.15, 0.2) is 40.6 Å². The van der Waals surface area contributed by atoms with Crippen molar-refractivity contribution in [2.75, 3.05) is 86.4 Å². The first kappa shape index (κ1) is 58.9. The number of rotatable bonds is 7. The molecule has 3 heterocycles. The zero-order valence-electron chi connectivity index (χ0n) is 32.4. The molecule has 20 nitrogen and oxygen atoms in total. The van der Waals surface area contributed by atoms with Crippen molar-refractivity contribution in [1.82, 2.24) is 12.9 Å². The van der Waals surface area contributed by atoms with E-state index in [0.29, 0.717) is 26.2 Å². The summed E-state index contributed by atoms with van der Waals surface area (Å²) in [7, 11) is -3.80. The van der Waals surface area contributed by atoms with Gasteiger partial charge in [-0.25, -0.2) is 25.3 Å². The summed E-state index contributed by atoms with van der Waals surface area (Å²) in [6.45, 7) is 14.9. The molecule has 2 N–H and O–H groups in total. The first-order valence-corrected chi connectivity index (χ1v) is 25.1. The molecule has 0 aromatic carbocycles. The van der Waals surface area contributed by atoms with Crippen LogP contribution in [0.25, 0.3) is 0 Å². The number of nitrogens with zero attached hydrogens (tertiary/aromatic N) is 4.